The van der Waals surface area contributed by atoms with Crippen LogP contribution in [0.15, 0.2) is 41.5 Å². The first-order valence-corrected chi connectivity index (χ1v) is 16.7. The second-order valence-corrected chi connectivity index (χ2v) is 15.7. The van der Waals surface area contributed by atoms with Crippen LogP contribution in [0.1, 0.15) is 72.9 Å². The van der Waals surface area contributed by atoms with Gasteiger partial charge in [-0.2, -0.15) is 0 Å². The number of aliphatic hydroxyl groups excluding tert-OH is 2. The van der Waals surface area contributed by atoms with Gasteiger partial charge in [-0.15, -0.1) is 0 Å². The van der Waals surface area contributed by atoms with E-state index in [0.29, 0.717) is 16.7 Å². The summed E-state index contributed by atoms with van der Waals surface area (Å²) in [6.07, 6.45) is -8.75. The maximum Gasteiger partial charge on any atom is 0.408 e. The van der Waals surface area contributed by atoms with Crippen LogP contribution in [0.5, 0.6) is 0 Å². The zero-order chi connectivity index (χ0) is 36.5. The molecule has 49 heavy (non-hydrogen) atoms. The van der Waals surface area contributed by atoms with Crippen LogP contribution in [-0.2, 0) is 33.3 Å². The average Bonchev–Trinajstić information content (AvgIpc) is 3.02. The third-order valence-electron chi connectivity index (χ3n) is 11.5. The quantitative estimate of drug-likeness (QED) is 0.208. The van der Waals surface area contributed by atoms with Crippen molar-refractivity contribution in [1.29, 1.82) is 0 Å². The number of fused-ring (bicyclic) bond motifs is 5. The highest BCUT2D eigenvalue weighted by Crippen LogP contribution is 2.63. The number of methoxy groups -OCH3 is 2. The van der Waals surface area contributed by atoms with Crippen LogP contribution in [0, 0.1) is 16.7 Å². The maximum absolute atomic E-state index is 14.8. The number of amides is 1. The van der Waals surface area contributed by atoms with Gasteiger partial charge in [0.25, 0.3) is 0 Å². The highest BCUT2D eigenvalue weighted by molar-refractivity contribution is 5.93. The molecule has 2 bridgehead atoms. The number of carbonyl (C=O) groups excluding carboxylic acids is 3. The Morgan fingerprint density at radius 1 is 1.06 bits per heavy atom. The van der Waals surface area contributed by atoms with Crippen LogP contribution >= 0.6 is 0 Å². The van der Waals surface area contributed by atoms with Crippen molar-refractivity contribution >= 4 is 17.8 Å². The van der Waals surface area contributed by atoms with Gasteiger partial charge in [-0.3, -0.25) is 4.79 Å². The molecule has 1 amide bonds. The van der Waals surface area contributed by atoms with Crippen LogP contribution in [0.4, 0.5) is 4.79 Å². The molecule has 5 N–H and O–H groups in total. The molecule has 3 fully saturated rings. The minimum Gasteiger partial charge on any atom is -0.456 e. The molecular formula is C36H51NO12. The first kappa shape index (κ1) is 37.3. The lowest BCUT2D eigenvalue weighted by Crippen LogP contribution is -2.80. The van der Waals surface area contributed by atoms with E-state index in [2.05, 4.69) is 5.32 Å². The fourth-order valence-corrected chi connectivity index (χ4v) is 8.79. The van der Waals surface area contributed by atoms with Gasteiger partial charge in [0, 0.05) is 38.4 Å². The average molecular weight is 690 g/mol. The lowest BCUT2D eigenvalue weighted by molar-refractivity contribution is -0.346. The standard InChI is InChI=1S/C36H51NO12/c1-18-20(48-30(41)25(38)24(19-13-11-10-12-14-19)37-31(42)49-32(2,3)4)16-36(44)29(40)27-34(7,21(45-8)15-22-35(27,43)17-47-22)28(39)26(46-9)23(18)33(36,5)6/h10-14,20-22,24-27,29,38,40,43-44H,15-17H2,1-9H3,(H,37,42). The van der Waals surface area contributed by atoms with Crippen LogP contribution in [0.2, 0.25) is 0 Å². The van der Waals surface area contributed by atoms with Crippen molar-refractivity contribution in [2.45, 2.75) is 121 Å². The largest absolute Gasteiger partial charge is 0.456 e. The molecule has 0 radical (unpaired) electrons. The molecule has 4 aliphatic rings. The molecular weight excluding hydrogens is 638 g/mol. The van der Waals surface area contributed by atoms with Crippen molar-refractivity contribution in [1.82, 2.24) is 5.32 Å². The molecule has 11 atom stereocenters. The van der Waals surface area contributed by atoms with Crippen LogP contribution < -0.4 is 5.32 Å². The van der Waals surface area contributed by atoms with Gasteiger partial charge in [0.2, 0.25) is 0 Å². The molecule has 5 rings (SSSR count). The first-order valence-electron chi connectivity index (χ1n) is 16.7. The lowest BCUT2D eigenvalue weighted by atomic mass is 9.45. The molecule has 0 aromatic heterocycles. The third-order valence-corrected chi connectivity index (χ3v) is 11.5. The van der Waals surface area contributed by atoms with E-state index in [-0.39, 0.29) is 19.4 Å². The highest BCUT2D eigenvalue weighted by Gasteiger charge is 2.75. The lowest BCUT2D eigenvalue weighted by Gasteiger charge is -2.67. The number of ketones is 1. The fraction of sp³-hybridized carbons (Fsp3) is 0.694. The predicted molar refractivity (Wildman–Crippen MR) is 174 cm³/mol. The molecule has 13 nitrogen and oxygen atoms in total. The molecule has 0 spiro atoms. The third kappa shape index (κ3) is 5.81. The summed E-state index contributed by atoms with van der Waals surface area (Å²) in [6.45, 7) is 11.5. The number of hydrogen-bond donors (Lipinski definition) is 5. The number of hydrogen-bond acceptors (Lipinski definition) is 12. The van der Waals surface area contributed by atoms with Gasteiger partial charge in [-0.25, -0.2) is 9.59 Å². The van der Waals surface area contributed by atoms with Crippen molar-refractivity contribution in [2.75, 3.05) is 20.8 Å². The Balaban J connectivity index is 1.56. The zero-order valence-electron chi connectivity index (χ0n) is 29.7. The van der Waals surface area contributed by atoms with Crippen LogP contribution in [0.3, 0.4) is 0 Å². The minimum atomic E-state index is -2.10. The smallest absolute Gasteiger partial charge is 0.408 e. The van der Waals surface area contributed by atoms with Crippen molar-refractivity contribution in [3.63, 3.8) is 0 Å². The number of aliphatic hydroxyl groups is 4. The van der Waals surface area contributed by atoms with E-state index in [1.165, 1.54) is 14.2 Å². The molecule has 1 aromatic carbocycles. The van der Waals surface area contributed by atoms with Gasteiger partial charge < -0.3 is 49.4 Å². The number of alkyl carbamates (subject to hydrolysis) is 1. The summed E-state index contributed by atoms with van der Waals surface area (Å²) in [7, 11) is 2.80. The van der Waals surface area contributed by atoms with E-state index in [4.69, 9.17) is 23.7 Å². The summed E-state index contributed by atoms with van der Waals surface area (Å²) in [5.74, 6) is -2.85. The van der Waals surface area contributed by atoms with Crippen molar-refractivity contribution < 1.29 is 58.5 Å². The topological polar surface area (TPSA) is 190 Å². The number of Topliss-reactive ketones (excluding diaryl/α,β-unsaturated/α-hetero) is 1. The Hall–Kier alpha value is -2.91. The summed E-state index contributed by atoms with van der Waals surface area (Å²) < 4.78 is 28.7. The fourth-order valence-electron chi connectivity index (χ4n) is 8.79. The minimum absolute atomic E-state index is 0.162. The van der Waals surface area contributed by atoms with E-state index in [1.807, 2.05) is 0 Å². The van der Waals surface area contributed by atoms with Crippen molar-refractivity contribution in [3.8, 4) is 0 Å². The van der Waals surface area contributed by atoms with Crippen LogP contribution in [-0.4, -0.2) is 113 Å². The van der Waals surface area contributed by atoms with E-state index >= 15 is 0 Å². The number of nitrogens with one attached hydrogen (secondary N) is 1. The van der Waals surface area contributed by atoms with Gasteiger partial charge in [-0.05, 0) is 51.3 Å². The Labute approximate surface area is 286 Å². The van der Waals surface area contributed by atoms with Crippen molar-refractivity contribution in [3.05, 3.63) is 47.0 Å². The zero-order valence-corrected chi connectivity index (χ0v) is 29.7. The molecule has 1 aliphatic heterocycles. The van der Waals surface area contributed by atoms with Gasteiger partial charge in [-0.1, -0.05) is 44.2 Å². The SMILES string of the molecule is COC1C(=O)C2(C)C(OC)CC3OCC3(O)C2C(O)C2(O)CC(OC(=O)C(O)C(NC(=O)OC(C)(C)C)c3ccccc3)C(C)=C1C2(C)C. The second kappa shape index (κ2) is 12.7. The monoisotopic (exact) mass is 689 g/mol. The number of rotatable bonds is 7. The number of carbonyl (C=O) groups is 3. The first-order chi connectivity index (χ1) is 22.7. The molecule has 3 aliphatic carbocycles. The highest BCUT2D eigenvalue weighted by atomic mass is 16.6. The molecule has 1 saturated heterocycles. The summed E-state index contributed by atoms with van der Waals surface area (Å²) in [5, 5.41) is 51.0. The van der Waals surface area contributed by atoms with Gasteiger partial charge in [0.05, 0.1) is 36.4 Å². The molecule has 272 valence electrons. The second-order valence-electron chi connectivity index (χ2n) is 15.7. The van der Waals surface area contributed by atoms with Crippen LogP contribution in [0.25, 0.3) is 0 Å². The summed E-state index contributed by atoms with van der Waals surface area (Å²) >= 11 is 0. The molecule has 11 unspecified atom stereocenters. The van der Waals surface area contributed by atoms with E-state index in [0.717, 1.165) is 0 Å². The van der Waals surface area contributed by atoms with Gasteiger partial charge in [0.1, 0.15) is 29.0 Å². The summed E-state index contributed by atoms with van der Waals surface area (Å²) in [4.78, 5) is 41.3. The summed E-state index contributed by atoms with van der Waals surface area (Å²) in [5.41, 5.74) is -6.37. The molecule has 2 saturated carbocycles. The Morgan fingerprint density at radius 3 is 2.22 bits per heavy atom. The molecule has 1 heterocycles. The predicted octanol–water partition coefficient (Wildman–Crippen LogP) is 2.13. The Bertz CT molecular complexity index is 1490. The molecule has 13 heteroatoms. The van der Waals surface area contributed by atoms with E-state index in [9.17, 15) is 34.8 Å². The van der Waals surface area contributed by atoms with E-state index in [1.54, 1.807) is 78.8 Å². The summed E-state index contributed by atoms with van der Waals surface area (Å²) in [6, 6.07) is 7.07. The maximum atomic E-state index is 14.8. The number of ether oxygens (including phenoxy) is 5. The number of esters is 1. The van der Waals surface area contributed by atoms with Crippen molar-refractivity contribution in [2.24, 2.45) is 16.7 Å². The van der Waals surface area contributed by atoms with E-state index < -0.39 is 94.1 Å². The Kier molecular flexibility index (Phi) is 9.68. The normalized spacial score (nSPS) is 38.1. The van der Waals surface area contributed by atoms with Gasteiger partial charge in [0.15, 0.2) is 11.9 Å². The number of benzene rings is 1. The Morgan fingerprint density at radius 2 is 1.69 bits per heavy atom. The van der Waals surface area contributed by atoms with Gasteiger partial charge >= 0.3 is 12.1 Å². The molecule has 1 aromatic rings.